The second-order valence-electron chi connectivity index (χ2n) is 4.11. The maximum atomic E-state index is 5.80. The number of rotatable bonds is 6. The molecular weight excluding hydrogens is 184 g/mol. The molecule has 0 amide bonds. The van der Waals surface area contributed by atoms with Gasteiger partial charge in [-0.05, 0) is 25.5 Å². The Labute approximate surface area is 93.1 Å². The fourth-order valence-corrected chi connectivity index (χ4v) is 1.72. The van der Waals surface area contributed by atoms with Crippen LogP contribution in [-0.4, -0.2) is 30.6 Å². The minimum absolute atomic E-state index is 0.265. The molecule has 0 saturated carbocycles. The highest BCUT2D eigenvalue weighted by atomic mass is 15.1. The second-order valence-corrected chi connectivity index (χ2v) is 4.11. The molecule has 2 nitrogen and oxygen atoms in total. The minimum atomic E-state index is 0.265. The van der Waals surface area contributed by atoms with Gasteiger partial charge in [-0.1, -0.05) is 37.3 Å². The van der Waals surface area contributed by atoms with Gasteiger partial charge in [0.05, 0.1) is 0 Å². The molecule has 0 radical (unpaired) electrons. The van der Waals surface area contributed by atoms with Crippen molar-refractivity contribution in [2.45, 2.75) is 26.3 Å². The molecule has 1 atom stereocenters. The second kappa shape index (κ2) is 6.59. The van der Waals surface area contributed by atoms with Crippen LogP contribution in [0.25, 0.3) is 0 Å². The molecule has 2 heteroatoms. The Hall–Kier alpha value is -0.860. The van der Waals surface area contributed by atoms with Crippen LogP contribution < -0.4 is 5.73 Å². The first kappa shape index (κ1) is 12.2. The average molecular weight is 206 g/mol. The summed E-state index contributed by atoms with van der Waals surface area (Å²) in [5, 5.41) is 0. The zero-order chi connectivity index (χ0) is 11.1. The van der Waals surface area contributed by atoms with Gasteiger partial charge in [0.25, 0.3) is 0 Å². The minimum Gasteiger partial charge on any atom is -0.327 e. The van der Waals surface area contributed by atoms with E-state index in [2.05, 4.69) is 49.1 Å². The summed E-state index contributed by atoms with van der Waals surface area (Å²) in [6.45, 7) is 7.41. The molecule has 0 aliphatic heterocycles. The Bertz CT molecular complexity index is 256. The highest BCUT2D eigenvalue weighted by Crippen LogP contribution is 2.01. The molecule has 1 unspecified atom stereocenters. The van der Waals surface area contributed by atoms with Crippen molar-refractivity contribution in [3.63, 3.8) is 0 Å². The fourth-order valence-electron chi connectivity index (χ4n) is 1.72. The van der Waals surface area contributed by atoms with Gasteiger partial charge in [-0.15, -0.1) is 0 Å². The summed E-state index contributed by atoms with van der Waals surface area (Å²) in [5.74, 6) is 0. The van der Waals surface area contributed by atoms with Crippen LogP contribution in [0.15, 0.2) is 30.3 Å². The molecule has 1 aromatic carbocycles. The van der Waals surface area contributed by atoms with Gasteiger partial charge in [0, 0.05) is 19.1 Å². The summed E-state index contributed by atoms with van der Waals surface area (Å²) < 4.78 is 0. The van der Waals surface area contributed by atoms with E-state index in [1.54, 1.807) is 0 Å². The lowest BCUT2D eigenvalue weighted by Gasteiger charge is -2.22. The van der Waals surface area contributed by atoms with Crippen molar-refractivity contribution in [1.82, 2.24) is 4.90 Å². The zero-order valence-electron chi connectivity index (χ0n) is 9.82. The van der Waals surface area contributed by atoms with Crippen LogP contribution in [0.5, 0.6) is 0 Å². The van der Waals surface area contributed by atoms with Gasteiger partial charge in [-0.25, -0.2) is 0 Å². The Morgan fingerprint density at radius 1 is 1.27 bits per heavy atom. The smallest absolute Gasteiger partial charge is 0.0139 e. The van der Waals surface area contributed by atoms with E-state index in [-0.39, 0.29) is 6.04 Å². The third-order valence-electron chi connectivity index (χ3n) is 2.55. The molecule has 15 heavy (non-hydrogen) atoms. The van der Waals surface area contributed by atoms with E-state index >= 15 is 0 Å². The largest absolute Gasteiger partial charge is 0.327 e. The maximum absolute atomic E-state index is 5.80. The number of nitrogens with zero attached hydrogens (tertiary/aromatic N) is 1. The van der Waals surface area contributed by atoms with E-state index < -0.39 is 0 Å². The number of likely N-dealkylation sites (N-methyl/N-ethyl adjacent to an activating group) is 1. The van der Waals surface area contributed by atoms with Crippen molar-refractivity contribution in [3.8, 4) is 0 Å². The zero-order valence-corrected chi connectivity index (χ0v) is 9.82. The van der Waals surface area contributed by atoms with E-state index in [1.165, 1.54) is 5.56 Å². The van der Waals surface area contributed by atoms with E-state index in [4.69, 9.17) is 5.73 Å². The monoisotopic (exact) mass is 206 g/mol. The third-order valence-corrected chi connectivity index (χ3v) is 2.55. The van der Waals surface area contributed by atoms with Crippen LogP contribution in [0.3, 0.4) is 0 Å². The fraction of sp³-hybridized carbons (Fsp3) is 0.538. The molecule has 0 aliphatic carbocycles. The Kier molecular flexibility index (Phi) is 5.37. The normalized spacial score (nSPS) is 13.1. The first-order valence-corrected chi connectivity index (χ1v) is 5.74. The maximum Gasteiger partial charge on any atom is 0.0139 e. The Morgan fingerprint density at radius 3 is 2.47 bits per heavy atom. The van der Waals surface area contributed by atoms with Gasteiger partial charge in [-0.2, -0.15) is 0 Å². The quantitative estimate of drug-likeness (QED) is 0.770. The average Bonchev–Trinajstić information content (AvgIpc) is 2.25. The number of hydrogen-bond acceptors (Lipinski definition) is 2. The van der Waals surface area contributed by atoms with Crippen molar-refractivity contribution >= 4 is 0 Å². The van der Waals surface area contributed by atoms with E-state index in [0.717, 1.165) is 26.1 Å². The molecule has 0 saturated heterocycles. The summed E-state index contributed by atoms with van der Waals surface area (Å²) in [4.78, 5) is 2.40. The van der Waals surface area contributed by atoms with Crippen LogP contribution in [0, 0.1) is 0 Å². The van der Waals surface area contributed by atoms with Crippen LogP contribution in [0.4, 0.5) is 0 Å². The van der Waals surface area contributed by atoms with Crippen LogP contribution in [0.1, 0.15) is 19.4 Å². The molecule has 0 aromatic heterocycles. The molecule has 0 heterocycles. The SMILES string of the molecule is CCN(CCc1ccccc1)CC(C)N. The van der Waals surface area contributed by atoms with Crippen molar-refractivity contribution in [2.75, 3.05) is 19.6 Å². The van der Waals surface area contributed by atoms with Crippen molar-refractivity contribution < 1.29 is 0 Å². The van der Waals surface area contributed by atoms with Gasteiger partial charge in [-0.3, -0.25) is 0 Å². The van der Waals surface area contributed by atoms with Crippen molar-refractivity contribution in [3.05, 3.63) is 35.9 Å². The summed E-state index contributed by atoms with van der Waals surface area (Å²) in [6, 6.07) is 10.9. The summed E-state index contributed by atoms with van der Waals surface area (Å²) in [5.41, 5.74) is 7.20. The Morgan fingerprint density at radius 2 is 1.93 bits per heavy atom. The van der Waals surface area contributed by atoms with Gasteiger partial charge in [0.15, 0.2) is 0 Å². The number of nitrogens with two attached hydrogens (primary N) is 1. The van der Waals surface area contributed by atoms with Gasteiger partial charge >= 0.3 is 0 Å². The van der Waals surface area contributed by atoms with Crippen LogP contribution >= 0.6 is 0 Å². The lowest BCUT2D eigenvalue weighted by atomic mass is 10.1. The molecule has 0 spiro atoms. The predicted octanol–water partition coefficient (Wildman–Crippen LogP) is 1.90. The predicted molar refractivity (Wildman–Crippen MR) is 65.9 cm³/mol. The molecule has 84 valence electrons. The molecule has 0 bridgehead atoms. The third kappa shape index (κ3) is 4.96. The lowest BCUT2D eigenvalue weighted by Crippen LogP contribution is -2.36. The van der Waals surface area contributed by atoms with Crippen LogP contribution in [0.2, 0.25) is 0 Å². The highest BCUT2D eigenvalue weighted by Gasteiger charge is 2.04. The van der Waals surface area contributed by atoms with E-state index in [9.17, 15) is 0 Å². The van der Waals surface area contributed by atoms with E-state index in [0.29, 0.717) is 0 Å². The molecule has 1 rings (SSSR count). The molecule has 1 aromatic rings. The highest BCUT2D eigenvalue weighted by molar-refractivity contribution is 5.14. The summed E-state index contributed by atoms with van der Waals surface area (Å²) in [6.07, 6.45) is 1.11. The molecule has 0 aliphatic rings. The van der Waals surface area contributed by atoms with Crippen molar-refractivity contribution in [2.24, 2.45) is 5.73 Å². The molecule has 0 fully saturated rings. The van der Waals surface area contributed by atoms with Gasteiger partial charge in [0.1, 0.15) is 0 Å². The molecular formula is C13H22N2. The lowest BCUT2D eigenvalue weighted by molar-refractivity contribution is 0.278. The number of hydrogen-bond donors (Lipinski definition) is 1. The standard InChI is InChI=1S/C13H22N2/c1-3-15(11-12(2)14)10-9-13-7-5-4-6-8-13/h4-8,12H,3,9-11,14H2,1-2H3. The number of benzene rings is 1. The van der Waals surface area contributed by atoms with Crippen molar-refractivity contribution in [1.29, 1.82) is 0 Å². The first-order valence-electron chi connectivity index (χ1n) is 5.74. The van der Waals surface area contributed by atoms with E-state index in [1.807, 2.05) is 0 Å². The van der Waals surface area contributed by atoms with Gasteiger partial charge < -0.3 is 10.6 Å². The van der Waals surface area contributed by atoms with Gasteiger partial charge in [0.2, 0.25) is 0 Å². The van der Waals surface area contributed by atoms with Crippen LogP contribution in [-0.2, 0) is 6.42 Å². The Balaban J connectivity index is 2.34. The topological polar surface area (TPSA) is 29.3 Å². The molecule has 2 N–H and O–H groups in total. The summed E-state index contributed by atoms with van der Waals surface area (Å²) in [7, 11) is 0. The first-order chi connectivity index (χ1) is 7.22. The summed E-state index contributed by atoms with van der Waals surface area (Å²) >= 11 is 0.